The molecule has 136 valence electrons. The molecule has 2 unspecified atom stereocenters. The van der Waals surface area contributed by atoms with Crippen LogP contribution in [-0.2, 0) is 0 Å². The van der Waals surface area contributed by atoms with Crippen molar-refractivity contribution < 1.29 is 27.7 Å². The fourth-order valence-corrected chi connectivity index (χ4v) is 2.72. The molecule has 0 aromatic carbocycles. The minimum Gasteiger partial charge on any atom is -1.00 e. The molecule has 0 spiro atoms. The Morgan fingerprint density at radius 1 is 1.00 bits per heavy atom. The number of hydrogen-bond acceptors (Lipinski definition) is 4. The molecular weight excluding hydrogens is 319 g/mol. The van der Waals surface area contributed by atoms with E-state index in [0.29, 0.717) is 0 Å². The van der Waals surface area contributed by atoms with Crippen molar-refractivity contribution in [3.63, 3.8) is 0 Å². The lowest BCUT2D eigenvalue weighted by atomic mass is 10.2. The summed E-state index contributed by atoms with van der Waals surface area (Å²) < 4.78 is 0. The number of rotatable bonds is 13. The zero-order valence-electron chi connectivity index (χ0n) is 16.9. The Hall–Kier alpha value is 0.420. The van der Waals surface area contributed by atoms with Gasteiger partial charge in [0.25, 0.3) is 0 Å². The molecule has 1 saturated carbocycles. The van der Waals surface area contributed by atoms with E-state index in [0.717, 1.165) is 31.5 Å². The molecule has 0 aliphatic heterocycles. The summed E-state index contributed by atoms with van der Waals surface area (Å²) in [5.74, 6) is 1.88. The Labute approximate surface area is 153 Å². The quantitative estimate of drug-likeness (QED) is 0.325. The van der Waals surface area contributed by atoms with Gasteiger partial charge in [-0.25, -0.2) is 0 Å². The van der Waals surface area contributed by atoms with Crippen molar-refractivity contribution in [1.82, 2.24) is 20.4 Å². The zero-order valence-corrected chi connectivity index (χ0v) is 16.4. The van der Waals surface area contributed by atoms with Crippen LogP contribution in [0.2, 0.25) is 0 Å². The summed E-state index contributed by atoms with van der Waals surface area (Å²) in [7, 11) is 6.50. The van der Waals surface area contributed by atoms with Crippen LogP contribution in [0.5, 0.6) is 0 Å². The molecule has 0 aromatic rings. The molecule has 2 atom stereocenters. The Morgan fingerprint density at radius 3 is 2.32 bits per heavy atom. The van der Waals surface area contributed by atoms with Crippen molar-refractivity contribution >= 4 is 0 Å². The SMILES string of the molecule is CCN(C)CCCN(C)CC1CC1CNCCCNC.[Cl-].[Cl-].[H+].[H+]. The molecule has 0 aromatic heterocycles. The smallest absolute Gasteiger partial charge is 1.00 e. The van der Waals surface area contributed by atoms with Crippen molar-refractivity contribution in [2.24, 2.45) is 11.8 Å². The summed E-state index contributed by atoms with van der Waals surface area (Å²) in [4.78, 5) is 4.91. The number of nitrogens with zero attached hydrogens (tertiary/aromatic N) is 2. The fourth-order valence-electron chi connectivity index (χ4n) is 2.72. The first-order chi connectivity index (χ1) is 9.67. The Balaban J connectivity index is -0.000000500. The van der Waals surface area contributed by atoms with Gasteiger partial charge < -0.3 is 45.2 Å². The number of halogens is 2. The second-order valence-corrected chi connectivity index (χ2v) is 6.43. The first-order valence-corrected chi connectivity index (χ1v) is 8.39. The van der Waals surface area contributed by atoms with E-state index in [-0.39, 0.29) is 27.7 Å². The van der Waals surface area contributed by atoms with Crippen molar-refractivity contribution in [2.45, 2.75) is 26.2 Å². The number of hydrogen-bond donors (Lipinski definition) is 2. The Kier molecular flexibility index (Phi) is 16.8. The minimum atomic E-state index is 0. The molecule has 4 nitrogen and oxygen atoms in total. The van der Waals surface area contributed by atoms with Crippen molar-refractivity contribution in [3.8, 4) is 0 Å². The molecule has 1 aliphatic carbocycles. The van der Waals surface area contributed by atoms with Gasteiger partial charge in [0.1, 0.15) is 0 Å². The highest BCUT2D eigenvalue weighted by atomic mass is 35.5. The van der Waals surface area contributed by atoms with Gasteiger partial charge in [0.15, 0.2) is 0 Å². The van der Waals surface area contributed by atoms with Crippen LogP contribution in [0.25, 0.3) is 0 Å². The molecule has 6 heteroatoms. The average Bonchev–Trinajstić information content (AvgIpc) is 3.16. The topological polar surface area (TPSA) is 30.5 Å². The van der Waals surface area contributed by atoms with Gasteiger partial charge in [-0.3, -0.25) is 0 Å². The highest BCUT2D eigenvalue weighted by Gasteiger charge is 2.36. The van der Waals surface area contributed by atoms with E-state index in [1.807, 2.05) is 7.05 Å². The molecule has 22 heavy (non-hydrogen) atoms. The maximum Gasteiger partial charge on any atom is 1.00 e. The van der Waals surface area contributed by atoms with Crippen LogP contribution in [0.3, 0.4) is 0 Å². The van der Waals surface area contributed by atoms with Crippen LogP contribution in [-0.4, -0.2) is 76.8 Å². The van der Waals surface area contributed by atoms with E-state index >= 15 is 0 Å². The molecule has 1 aliphatic rings. The largest absolute Gasteiger partial charge is 1.00 e. The molecule has 0 heterocycles. The maximum atomic E-state index is 3.59. The van der Waals surface area contributed by atoms with Crippen LogP contribution in [0, 0.1) is 11.8 Å². The first kappa shape index (κ1) is 24.7. The second kappa shape index (κ2) is 15.0. The summed E-state index contributed by atoms with van der Waals surface area (Å²) in [6.07, 6.45) is 3.96. The lowest BCUT2D eigenvalue weighted by Gasteiger charge is -2.19. The standard InChI is InChI=1S/C16H36N4.2ClH/c1-5-19(3)10-7-11-20(4)14-16-12-15(16)13-18-9-6-8-17-2;;/h15-18H,5-14H2,1-4H3;2*1H. The molecular formula is C16H38Cl2N4. The predicted molar refractivity (Wildman–Crippen MR) is 90.5 cm³/mol. The van der Waals surface area contributed by atoms with Crippen molar-refractivity contribution in [3.05, 3.63) is 0 Å². The summed E-state index contributed by atoms with van der Waals surface area (Å²) in [5.41, 5.74) is 0. The van der Waals surface area contributed by atoms with Crippen LogP contribution < -0.4 is 35.4 Å². The summed E-state index contributed by atoms with van der Waals surface area (Å²) >= 11 is 0. The molecule has 0 amide bonds. The minimum absolute atomic E-state index is 0. The van der Waals surface area contributed by atoms with Gasteiger partial charge in [-0.2, -0.15) is 0 Å². The average molecular weight is 357 g/mol. The lowest BCUT2D eigenvalue weighted by Crippen LogP contribution is -3.00. The normalized spacial score (nSPS) is 19.9. The van der Waals surface area contributed by atoms with Gasteiger partial charge in [-0.15, -0.1) is 0 Å². The lowest BCUT2D eigenvalue weighted by molar-refractivity contribution is -0.001000. The second-order valence-electron chi connectivity index (χ2n) is 6.43. The van der Waals surface area contributed by atoms with Gasteiger partial charge in [0.2, 0.25) is 0 Å². The van der Waals surface area contributed by atoms with Gasteiger partial charge in [0, 0.05) is 6.54 Å². The van der Waals surface area contributed by atoms with E-state index < -0.39 is 0 Å². The van der Waals surface area contributed by atoms with E-state index in [4.69, 9.17) is 0 Å². The maximum absolute atomic E-state index is 3.59. The van der Waals surface area contributed by atoms with Crippen molar-refractivity contribution in [1.29, 1.82) is 0 Å². The summed E-state index contributed by atoms with van der Waals surface area (Å²) in [5, 5.41) is 6.77. The number of nitrogens with one attached hydrogen (secondary N) is 2. The van der Waals surface area contributed by atoms with Crippen molar-refractivity contribution in [2.75, 3.05) is 67.0 Å². The van der Waals surface area contributed by atoms with Gasteiger partial charge in [0.05, 0.1) is 0 Å². The summed E-state index contributed by atoms with van der Waals surface area (Å²) in [6.45, 7) is 10.6. The van der Waals surface area contributed by atoms with Gasteiger partial charge >= 0.3 is 2.85 Å². The van der Waals surface area contributed by atoms with E-state index in [2.05, 4.69) is 41.5 Å². The van der Waals surface area contributed by atoms with E-state index in [1.165, 1.54) is 45.4 Å². The zero-order chi connectivity index (χ0) is 14.8. The highest BCUT2D eigenvalue weighted by Crippen LogP contribution is 2.38. The van der Waals surface area contributed by atoms with Crippen LogP contribution in [0.1, 0.15) is 29.0 Å². The monoisotopic (exact) mass is 356 g/mol. The third kappa shape index (κ3) is 11.9. The third-order valence-electron chi connectivity index (χ3n) is 4.42. The molecule has 2 N–H and O–H groups in total. The first-order valence-electron chi connectivity index (χ1n) is 8.39. The molecule has 1 fully saturated rings. The van der Waals surface area contributed by atoms with Gasteiger partial charge in [-0.05, 0) is 91.5 Å². The van der Waals surface area contributed by atoms with E-state index in [9.17, 15) is 0 Å². The fraction of sp³-hybridized carbons (Fsp3) is 1.00. The van der Waals surface area contributed by atoms with Crippen LogP contribution >= 0.6 is 0 Å². The predicted octanol–water partition coefficient (Wildman–Crippen LogP) is -4.67. The summed E-state index contributed by atoms with van der Waals surface area (Å²) in [6, 6.07) is 0. The Bertz CT molecular complexity index is 254. The third-order valence-corrected chi connectivity index (χ3v) is 4.42. The Morgan fingerprint density at radius 2 is 1.68 bits per heavy atom. The highest BCUT2D eigenvalue weighted by molar-refractivity contribution is 4.89. The molecule has 1 rings (SSSR count). The van der Waals surface area contributed by atoms with E-state index in [1.54, 1.807) is 0 Å². The molecule has 0 saturated heterocycles. The molecule has 0 bridgehead atoms. The van der Waals surface area contributed by atoms with Gasteiger partial charge in [-0.1, -0.05) is 6.92 Å². The van der Waals surface area contributed by atoms with Crippen LogP contribution in [0.4, 0.5) is 0 Å². The van der Waals surface area contributed by atoms with Crippen LogP contribution in [0.15, 0.2) is 0 Å². The molecule has 0 radical (unpaired) electrons.